The molecule has 0 unspecified atom stereocenters. The predicted molar refractivity (Wildman–Crippen MR) is 206 cm³/mol. The van der Waals surface area contributed by atoms with Crippen LogP contribution in [0.2, 0.25) is 0 Å². The lowest BCUT2D eigenvalue weighted by atomic mass is 9.72. The Balaban J connectivity index is 0.999. The lowest BCUT2D eigenvalue weighted by molar-refractivity contribution is 0.0259. The molecule has 0 bridgehead atoms. The first-order valence-corrected chi connectivity index (χ1v) is 21.0. The molecule has 304 valence electrons. The van der Waals surface area contributed by atoms with Gasteiger partial charge in [0.1, 0.15) is 23.5 Å². The van der Waals surface area contributed by atoms with Crippen LogP contribution < -0.4 is 9.64 Å². The summed E-state index contributed by atoms with van der Waals surface area (Å²) in [5.74, 6) is 0.288. The maximum Gasteiger partial charge on any atom is 0.410 e. The maximum absolute atomic E-state index is 14.4. The molecule has 0 saturated carbocycles. The highest BCUT2D eigenvalue weighted by Crippen LogP contribution is 2.45. The van der Waals surface area contributed by atoms with Gasteiger partial charge >= 0.3 is 6.09 Å². The van der Waals surface area contributed by atoms with Crippen molar-refractivity contribution in [1.82, 2.24) is 38.5 Å². The molecule has 1 aromatic carbocycles. The van der Waals surface area contributed by atoms with Gasteiger partial charge < -0.3 is 29.1 Å². The third-order valence-corrected chi connectivity index (χ3v) is 13.1. The van der Waals surface area contributed by atoms with Crippen LogP contribution in [0.25, 0.3) is 0 Å². The van der Waals surface area contributed by atoms with Crippen molar-refractivity contribution in [3.05, 3.63) is 35.9 Å². The fourth-order valence-electron chi connectivity index (χ4n) is 8.37. The highest BCUT2D eigenvalue weighted by molar-refractivity contribution is 7.86. The summed E-state index contributed by atoms with van der Waals surface area (Å²) in [7, 11) is -3.63. The van der Waals surface area contributed by atoms with Crippen LogP contribution in [0.5, 0.6) is 11.6 Å². The molecule has 0 aliphatic carbocycles. The zero-order valence-corrected chi connectivity index (χ0v) is 34.2. The number of halogens is 1. The molecule has 4 aliphatic rings. The molecular weight excluding hydrogens is 730 g/mol. The van der Waals surface area contributed by atoms with E-state index in [1.165, 1.54) is 28.8 Å². The molecule has 1 atom stereocenters. The van der Waals surface area contributed by atoms with Crippen molar-refractivity contribution >= 4 is 28.0 Å². The summed E-state index contributed by atoms with van der Waals surface area (Å²) in [5.41, 5.74) is -0.369. The van der Waals surface area contributed by atoms with Crippen LogP contribution in [0, 0.1) is 17.2 Å². The van der Waals surface area contributed by atoms with Crippen LogP contribution >= 0.6 is 0 Å². The van der Waals surface area contributed by atoms with Gasteiger partial charge in [-0.25, -0.2) is 14.2 Å². The van der Waals surface area contributed by atoms with Crippen molar-refractivity contribution in [3.63, 3.8) is 0 Å². The summed E-state index contributed by atoms with van der Waals surface area (Å²) in [6.07, 6.45) is 4.38. The molecule has 17 heteroatoms. The van der Waals surface area contributed by atoms with E-state index < -0.39 is 27.7 Å². The number of hydrogen-bond donors (Lipinski definition) is 0. The van der Waals surface area contributed by atoms with Gasteiger partial charge in [0.05, 0.1) is 5.56 Å². The van der Waals surface area contributed by atoms with E-state index in [0.29, 0.717) is 45.0 Å². The van der Waals surface area contributed by atoms with Crippen molar-refractivity contribution in [2.24, 2.45) is 11.3 Å². The van der Waals surface area contributed by atoms with Crippen LogP contribution in [0.3, 0.4) is 0 Å². The minimum absolute atomic E-state index is 0.0962. The number of aromatic nitrogens is 3. The third-order valence-electron chi connectivity index (χ3n) is 11.1. The van der Waals surface area contributed by atoms with E-state index in [1.807, 2.05) is 48.5 Å². The molecule has 4 fully saturated rings. The van der Waals surface area contributed by atoms with Gasteiger partial charge in [0, 0.05) is 76.4 Å². The van der Waals surface area contributed by atoms with E-state index in [9.17, 15) is 22.4 Å². The number of piperidine rings is 1. The third kappa shape index (κ3) is 9.48. The fourth-order valence-corrected chi connectivity index (χ4v) is 10.1. The van der Waals surface area contributed by atoms with Gasteiger partial charge in [0.2, 0.25) is 0 Å². The number of benzene rings is 1. The maximum atomic E-state index is 14.4. The molecule has 55 heavy (non-hydrogen) atoms. The highest BCUT2D eigenvalue weighted by atomic mass is 32.2. The van der Waals surface area contributed by atoms with Crippen LogP contribution in [0.1, 0.15) is 84.5 Å². The molecule has 2 aromatic rings. The smallest absolute Gasteiger partial charge is 0.410 e. The van der Waals surface area contributed by atoms with E-state index in [2.05, 4.69) is 25.0 Å². The van der Waals surface area contributed by atoms with Crippen molar-refractivity contribution in [1.29, 1.82) is 0 Å². The van der Waals surface area contributed by atoms with Crippen LogP contribution in [-0.4, -0.2) is 149 Å². The average Bonchev–Trinajstić information content (AvgIpc) is 3.42. The van der Waals surface area contributed by atoms with E-state index in [0.717, 1.165) is 52.0 Å². The molecule has 4 saturated heterocycles. The zero-order valence-electron chi connectivity index (χ0n) is 33.4. The van der Waals surface area contributed by atoms with Crippen molar-refractivity contribution in [2.45, 2.75) is 91.8 Å². The molecular formula is C38H58FN9O6S. The Bertz CT molecular complexity index is 1780. The van der Waals surface area contributed by atoms with E-state index in [1.54, 1.807) is 14.1 Å². The zero-order chi connectivity index (χ0) is 39.7. The SMILES string of the molecule is CC(C)N(C(=O)c1cc(F)ccc1Oc1nncnc1N1CC2(CCN(C[C@H]3CCN(S(=O)(=O)N4CCCN(C(=O)OC(C)(C)C)CC4)C3)CC2)C1)C(C)C. The highest BCUT2D eigenvalue weighted by Gasteiger charge is 2.47. The van der Waals surface area contributed by atoms with Gasteiger partial charge in [-0.3, -0.25) is 4.79 Å². The molecule has 5 heterocycles. The second kappa shape index (κ2) is 16.4. The molecule has 0 radical (unpaired) electrons. The Hall–Kier alpha value is -3.67. The Morgan fingerprint density at radius 2 is 1.69 bits per heavy atom. The van der Waals surface area contributed by atoms with Gasteiger partial charge in [-0.15, -0.1) is 10.2 Å². The molecule has 1 spiro atoms. The number of carbonyl (C=O) groups excluding carboxylic acids is 2. The number of amides is 2. The normalized spacial score (nSPS) is 21.5. The number of likely N-dealkylation sites (tertiary alicyclic amines) is 1. The Labute approximate surface area is 325 Å². The first kappa shape index (κ1) is 41.0. The molecule has 2 amide bonds. The minimum Gasteiger partial charge on any atom is -0.444 e. The van der Waals surface area contributed by atoms with Gasteiger partial charge in [-0.1, -0.05) is 0 Å². The van der Waals surface area contributed by atoms with Gasteiger partial charge in [-0.05, 0) is 111 Å². The lowest BCUT2D eigenvalue weighted by Crippen LogP contribution is -2.61. The predicted octanol–water partition coefficient (Wildman–Crippen LogP) is 4.47. The quantitative estimate of drug-likeness (QED) is 0.337. The molecule has 0 N–H and O–H groups in total. The average molecular weight is 788 g/mol. The number of ether oxygens (including phenoxy) is 2. The van der Waals surface area contributed by atoms with E-state index >= 15 is 0 Å². The van der Waals surface area contributed by atoms with E-state index in [4.69, 9.17) is 9.47 Å². The summed E-state index contributed by atoms with van der Waals surface area (Å²) < 4.78 is 56.6. The Kier molecular flexibility index (Phi) is 12.2. The van der Waals surface area contributed by atoms with Gasteiger partial charge in [-0.2, -0.15) is 17.0 Å². The van der Waals surface area contributed by atoms with Crippen molar-refractivity contribution in [2.75, 3.05) is 76.9 Å². The summed E-state index contributed by atoms with van der Waals surface area (Å²) in [4.78, 5) is 38.6. The minimum atomic E-state index is -3.63. The summed E-state index contributed by atoms with van der Waals surface area (Å²) in [6.45, 7) is 19.9. The largest absolute Gasteiger partial charge is 0.444 e. The Morgan fingerprint density at radius 3 is 2.36 bits per heavy atom. The molecule has 6 rings (SSSR count). The van der Waals surface area contributed by atoms with Gasteiger partial charge in [0.25, 0.3) is 22.0 Å². The lowest BCUT2D eigenvalue weighted by Gasteiger charge is -2.54. The molecule has 4 aliphatic heterocycles. The number of hydrogen-bond acceptors (Lipinski definition) is 11. The molecule has 1 aromatic heterocycles. The second-order valence-electron chi connectivity index (χ2n) is 17.1. The first-order chi connectivity index (χ1) is 25.9. The summed E-state index contributed by atoms with van der Waals surface area (Å²) >= 11 is 0. The summed E-state index contributed by atoms with van der Waals surface area (Å²) in [5, 5.41) is 8.17. The van der Waals surface area contributed by atoms with Crippen molar-refractivity contribution in [3.8, 4) is 11.6 Å². The van der Waals surface area contributed by atoms with Crippen LogP contribution in [0.4, 0.5) is 15.0 Å². The summed E-state index contributed by atoms with van der Waals surface area (Å²) in [6, 6.07) is 3.72. The number of carbonyl (C=O) groups is 2. The number of nitrogens with zero attached hydrogens (tertiary/aromatic N) is 9. The standard InChI is InChI=1S/C38H58FN9O6S/c1-27(2)48(28(3)4)35(49)31-21-30(39)9-10-32(31)53-34-33(40-26-41-42-34)45-24-38(25-45)12-17-43(18-13-38)22-29-11-16-47(23-29)55(51,52)46-15-8-14-44(19-20-46)36(50)54-37(5,6)7/h9-10,21,26-29H,8,11-20,22-25H2,1-7H3/t29-/m1/s1. The van der Waals surface area contributed by atoms with Crippen LogP contribution in [-0.2, 0) is 14.9 Å². The Morgan fingerprint density at radius 1 is 0.982 bits per heavy atom. The molecule has 15 nitrogen and oxygen atoms in total. The fraction of sp³-hybridized carbons (Fsp3) is 0.711. The number of rotatable bonds is 10. The first-order valence-electron chi connectivity index (χ1n) is 19.6. The van der Waals surface area contributed by atoms with Crippen LogP contribution in [0.15, 0.2) is 24.5 Å². The second-order valence-corrected chi connectivity index (χ2v) is 19.1. The monoisotopic (exact) mass is 787 g/mol. The van der Waals surface area contributed by atoms with E-state index in [-0.39, 0.29) is 53.1 Å². The topological polar surface area (TPSA) is 145 Å². The van der Waals surface area contributed by atoms with Gasteiger partial charge in [0.15, 0.2) is 5.82 Å². The number of anilines is 1. The van der Waals surface area contributed by atoms with Crippen molar-refractivity contribution < 1.29 is 31.9 Å².